The van der Waals surface area contributed by atoms with Crippen LogP contribution in [0.4, 0.5) is 5.69 Å². The summed E-state index contributed by atoms with van der Waals surface area (Å²) in [4.78, 5) is 10.9. The molecule has 0 aliphatic rings. The highest BCUT2D eigenvalue weighted by molar-refractivity contribution is 14.1. The predicted molar refractivity (Wildman–Crippen MR) is 69.6 cm³/mol. The number of hydrogen-bond donors (Lipinski definition) is 2. The highest BCUT2D eigenvalue weighted by atomic mass is 127. The lowest BCUT2D eigenvalue weighted by atomic mass is 10.3. The zero-order chi connectivity index (χ0) is 12.1. The van der Waals surface area contributed by atoms with E-state index < -0.39 is 11.0 Å². The highest BCUT2D eigenvalue weighted by Crippen LogP contribution is 2.28. The third-order valence-electron chi connectivity index (χ3n) is 1.77. The number of halogens is 1. The molecular formula is C9H10INO4S. The Bertz CT molecular complexity index is 388. The number of aliphatic hydroxyl groups excluding tert-OH is 2. The normalized spacial score (nSPS) is 12.4. The molecule has 0 aliphatic heterocycles. The molecule has 0 saturated carbocycles. The average molecular weight is 355 g/mol. The first kappa shape index (κ1) is 13.7. The number of hydrogen-bond acceptors (Lipinski definition) is 5. The van der Waals surface area contributed by atoms with Gasteiger partial charge in [0.05, 0.1) is 17.6 Å². The number of nitro benzene ring substituents is 1. The number of nitrogens with zero attached hydrogens (tertiary/aromatic N) is 1. The van der Waals surface area contributed by atoms with Gasteiger partial charge >= 0.3 is 0 Å². The largest absolute Gasteiger partial charge is 0.394 e. The predicted octanol–water partition coefficient (Wildman–Crippen LogP) is 1.64. The summed E-state index contributed by atoms with van der Waals surface area (Å²) in [7, 11) is 0. The Kier molecular flexibility index (Phi) is 5.46. The van der Waals surface area contributed by atoms with E-state index >= 15 is 0 Å². The van der Waals surface area contributed by atoms with Gasteiger partial charge in [-0.15, -0.1) is 11.8 Å². The van der Waals surface area contributed by atoms with Crippen LogP contribution in [0.5, 0.6) is 0 Å². The van der Waals surface area contributed by atoms with Crippen molar-refractivity contribution in [2.45, 2.75) is 11.0 Å². The summed E-state index contributed by atoms with van der Waals surface area (Å²) in [6.45, 7) is -0.281. The molecule has 1 aromatic carbocycles. The molecule has 7 heteroatoms. The average Bonchev–Trinajstić information content (AvgIpc) is 2.26. The molecule has 1 unspecified atom stereocenters. The molecule has 1 rings (SSSR count). The molecule has 88 valence electrons. The molecule has 0 amide bonds. The monoisotopic (exact) mass is 355 g/mol. The zero-order valence-corrected chi connectivity index (χ0v) is 11.1. The maximum Gasteiger partial charge on any atom is 0.270 e. The van der Waals surface area contributed by atoms with Gasteiger partial charge in [-0.2, -0.15) is 0 Å². The highest BCUT2D eigenvalue weighted by Gasteiger charge is 2.10. The van der Waals surface area contributed by atoms with Crippen LogP contribution >= 0.6 is 34.4 Å². The Hall–Kier alpha value is -0.380. The molecule has 0 bridgehead atoms. The van der Waals surface area contributed by atoms with E-state index in [0.717, 1.165) is 8.47 Å². The Labute approximate surface area is 110 Å². The summed E-state index contributed by atoms with van der Waals surface area (Å²) in [6.07, 6.45) is -0.768. The van der Waals surface area contributed by atoms with Crippen molar-refractivity contribution in [3.63, 3.8) is 0 Å². The summed E-state index contributed by atoms with van der Waals surface area (Å²) in [5, 5.41) is 28.3. The second kappa shape index (κ2) is 6.38. The van der Waals surface area contributed by atoms with Gasteiger partial charge in [-0.3, -0.25) is 10.1 Å². The molecule has 5 nitrogen and oxygen atoms in total. The minimum atomic E-state index is -0.768. The Morgan fingerprint density at radius 3 is 2.75 bits per heavy atom. The summed E-state index contributed by atoms with van der Waals surface area (Å²) >= 11 is 3.37. The van der Waals surface area contributed by atoms with Crippen molar-refractivity contribution in [2.75, 3.05) is 12.4 Å². The first-order valence-electron chi connectivity index (χ1n) is 4.40. The maximum absolute atomic E-state index is 10.5. The third-order valence-corrected chi connectivity index (χ3v) is 4.25. The second-order valence-electron chi connectivity index (χ2n) is 3.02. The van der Waals surface area contributed by atoms with Gasteiger partial charge in [-0.1, -0.05) is 0 Å². The Balaban J connectivity index is 2.72. The maximum atomic E-state index is 10.5. The minimum Gasteiger partial charge on any atom is -0.394 e. The fraction of sp³-hybridized carbons (Fsp3) is 0.333. The Morgan fingerprint density at radius 1 is 1.56 bits per heavy atom. The van der Waals surface area contributed by atoms with E-state index in [4.69, 9.17) is 5.11 Å². The van der Waals surface area contributed by atoms with Gasteiger partial charge in [0.2, 0.25) is 0 Å². The topological polar surface area (TPSA) is 83.6 Å². The van der Waals surface area contributed by atoms with Crippen molar-refractivity contribution in [1.29, 1.82) is 0 Å². The van der Waals surface area contributed by atoms with Crippen LogP contribution in [0.3, 0.4) is 0 Å². The lowest BCUT2D eigenvalue weighted by molar-refractivity contribution is -0.385. The number of nitro groups is 1. The van der Waals surface area contributed by atoms with Crippen molar-refractivity contribution in [2.24, 2.45) is 0 Å². The van der Waals surface area contributed by atoms with E-state index in [9.17, 15) is 15.2 Å². The molecule has 2 N–H and O–H groups in total. The molecule has 0 heterocycles. The van der Waals surface area contributed by atoms with Gasteiger partial charge in [-0.25, -0.2) is 0 Å². The van der Waals surface area contributed by atoms with Crippen LogP contribution in [0.15, 0.2) is 23.1 Å². The van der Waals surface area contributed by atoms with E-state index in [-0.39, 0.29) is 12.3 Å². The van der Waals surface area contributed by atoms with Gasteiger partial charge < -0.3 is 10.2 Å². The summed E-state index contributed by atoms with van der Waals surface area (Å²) in [5.41, 5.74) is 0.0523. The van der Waals surface area contributed by atoms with Crippen LogP contribution < -0.4 is 0 Å². The third kappa shape index (κ3) is 3.89. The van der Waals surface area contributed by atoms with Crippen molar-refractivity contribution in [1.82, 2.24) is 0 Å². The van der Waals surface area contributed by atoms with Crippen LogP contribution in [0.2, 0.25) is 0 Å². The first-order valence-corrected chi connectivity index (χ1v) is 6.46. The van der Waals surface area contributed by atoms with Crippen molar-refractivity contribution < 1.29 is 15.1 Å². The fourth-order valence-corrected chi connectivity index (χ4v) is 2.76. The molecule has 16 heavy (non-hydrogen) atoms. The van der Waals surface area contributed by atoms with Crippen molar-refractivity contribution >= 4 is 40.0 Å². The van der Waals surface area contributed by atoms with Crippen LogP contribution in [-0.4, -0.2) is 33.6 Å². The second-order valence-corrected chi connectivity index (χ2v) is 5.24. The zero-order valence-electron chi connectivity index (χ0n) is 8.17. The number of benzene rings is 1. The van der Waals surface area contributed by atoms with Crippen molar-refractivity contribution in [3.8, 4) is 0 Å². The Morgan fingerprint density at radius 2 is 2.25 bits per heavy atom. The summed E-state index contributed by atoms with van der Waals surface area (Å²) in [6, 6.07) is 4.55. The molecule has 1 atom stereocenters. The molecule has 0 aromatic heterocycles. The summed E-state index contributed by atoms with van der Waals surface area (Å²) < 4.78 is 0.766. The van der Waals surface area contributed by atoms with E-state index in [0.29, 0.717) is 5.75 Å². The van der Waals surface area contributed by atoms with Crippen LogP contribution in [0.25, 0.3) is 0 Å². The molecule has 0 fully saturated rings. The minimum absolute atomic E-state index is 0.0523. The fourth-order valence-electron chi connectivity index (χ4n) is 0.959. The smallest absolute Gasteiger partial charge is 0.270 e. The van der Waals surface area contributed by atoms with Crippen LogP contribution in [0.1, 0.15) is 0 Å². The quantitative estimate of drug-likeness (QED) is 0.363. The molecule has 0 saturated heterocycles. The SMILES string of the molecule is O=[N+]([O-])c1ccc(SCC(O)CO)c(I)c1. The molecular weight excluding hydrogens is 345 g/mol. The van der Waals surface area contributed by atoms with Gasteiger partial charge in [0.15, 0.2) is 0 Å². The van der Waals surface area contributed by atoms with E-state index in [2.05, 4.69) is 0 Å². The van der Waals surface area contributed by atoms with Crippen molar-refractivity contribution in [3.05, 3.63) is 31.9 Å². The van der Waals surface area contributed by atoms with E-state index in [1.165, 1.54) is 23.9 Å². The molecule has 0 radical (unpaired) electrons. The van der Waals surface area contributed by atoms with Crippen LogP contribution in [-0.2, 0) is 0 Å². The van der Waals surface area contributed by atoms with E-state index in [1.54, 1.807) is 6.07 Å². The number of rotatable bonds is 5. The first-order chi connectivity index (χ1) is 7.54. The lowest BCUT2D eigenvalue weighted by Crippen LogP contribution is -2.14. The van der Waals surface area contributed by atoms with Crippen LogP contribution in [0, 0.1) is 13.7 Å². The molecule has 0 aliphatic carbocycles. The van der Waals surface area contributed by atoms with E-state index in [1.807, 2.05) is 22.6 Å². The lowest BCUT2D eigenvalue weighted by Gasteiger charge is -2.07. The van der Waals surface area contributed by atoms with Gasteiger partial charge in [-0.05, 0) is 28.7 Å². The van der Waals surface area contributed by atoms with Gasteiger partial charge in [0.1, 0.15) is 0 Å². The van der Waals surface area contributed by atoms with Gasteiger partial charge in [0.25, 0.3) is 5.69 Å². The molecule has 0 spiro atoms. The standard InChI is InChI=1S/C9H10INO4S/c10-8-3-6(11(14)15)1-2-9(8)16-5-7(13)4-12/h1-3,7,12-13H,4-5H2. The number of aliphatic hydroxyl groups is 2. The number of thioether (sulfide) groups is 1. The summed E-state index contributed by atoms with van der Waals surface area (Å²) in [5.74, 6) is 0.365. The van der Waals surface area contributed by atoms with Gasteiger partial charge in [0, 0.05) is 26.4 Å². The molecule has 1 aromatic rings. The number of non-ortho nitro benzene ring substituents is 1.